The Morgan fingerprint density at radius 1 is 1.36 bits per heavy atom. The summed E-state index contributed by atoms with van der Waals surface area (Å²) in [7, 11) is 2.07. The molecule has 1 N–H and O–H groups in total. The molecular formula is C12H26N2. The van der Waals surface area contributed by atoms with Gasteiger partial charge < -0.3 is 10.2 Å². The molecule has 0 aromatic rings. The molecule has 2 heteroatoms. The number of nitrogens with one attached hydrogen (secondary N) is 1. The first-order valence-corrected chi connectivity index (χ1v) is 6.07. The van der Waals surface area contributed by atoms with Gasteiger partial charge in [-0.25, -0.2) is 0 Å². The quantitative estimate of drug-likeness (QED) is 0.743. The van der Waals surface area contributed by atoms with Crippen LogP contribution >= 0.6 is 0 Å². The molecule has 0 aliphatic carbocycles. The predicted octanol–water partition coefficient (Wildman–Crippen LogP) is 1.96. The van der Waals surface area contributed by atoms with Gasteiger partial charge in [0.25, 0.3) is 0 Å². The Morgan fingerprint density at radius 2 is 2.07 bits per heavy atom. The van der Waals surface area contributed by atoms with Crippen molar-refractivity contribution >= 4 is 0 Å². The fourth-order valence-electron chi connectivity index (χ4n) is 2.25. The van der Waals surface area contributed by atoms with Crippen molar-refractivity contribution in [2.75, 3.05) is 26.7 Å². The van der Waals surface area contributed by atoms with E-state index in [2.05, 4.69) is 38.0 Å². The lowest BCUT2D eigenvalue weighted by Gasteiger charge is -2.37. The minimum absolute atomic E-state index is 0.676. The summed E-state index contributed by atoms with van der Waals surface area (Å²) in [5.41, 5.74) is 0. The largest absolute Gasteiger partial charge is 0.316 e. The molecule has 1 saturated heterocycles. The van der Waals surface area contributed by atoms with E-state index in [0.29, 0.717) is 6.04 Å². The van der Waals surface area contributed by atoms with Crippen LogP contribution in [0.5, 0.6) is 0 Å². The maximum Gasteiger partial charge on any atom is 0.0189 e. The minimum atomic E-state index is 0.676. The van der Waals surface area contributed by atoms with E-state index >= 15 is 0 Å². The van der Waals surface area contributed by atoms with Crippen molar-refractivity contribution in [1.82, 2.24) is 10.2 Å². The number of rotatable bonds is 4. The Bertz CT molecular complexity index is 154. The normalized spacial score (nSPS) is 31.7. The van der Waals surface area contributed by atoms with Crippen LogP contribution in [0, 0.1) is 11.8 Å². The maximum atomic E-state index is 3.38. The van der Waals surface area contributed by atoms with Crippen molar-refractivity contribution in [1.29, 1.82) is 0 Å². The van der Waals surface area contributed by atoms with Gasteiger partial charge in [-0.15, -0.1) is 0 Å². The first-order chi connectivity index (χ1) is 6.67. The second-order valence-corrected chi connectivity index (χ2v) is 4.90. The lowest BCUT2D eigenvalue weighted by molar-refractivity contribution is 0.127. The molecule has 0 saturated carbocycles. The van der Waals surface area contributed by atoms with E-state index in [0.717, 1.165) is 11.8 Å². The Hall–Kier alpha value is -0.0800. The van der Waals surface area contributed by atoms with Crippen LogP contribution in [-0.2, 0) is 0 Å². The molecule has 0 aromatic carbocycles. The average molecular weight is 198 g/mol. The molecule has 1 rings (SSSR count). The van der Waals surface area contributed by atoms with Gasteiger partial charge in [0.15, 0.2) is 0 Å². The van der Waals surface area contributed by atoms with Crippen LogP contribution in [0.25, 0.3) is 0 Å². The number of likely N-dealkylation sites (tertiary alicyclic amines) is 1. The van der Waals surface area contributed by atoms with Crippen molar-refractivity contribution in [2.24, 2.45) is 11.8 Å². The Morgan fingerprint density at radius 3 is 2.57 bits per heavy atom. The van der Waals surface area contributed by atoms with E-state index < -0.39 is 0 Å². The smallest absolute Gasteiger partial charge is 0.0189 e. The fourth-order valence-corrected chi connectivity index (χ4v) is 2.25. The Kier molecular flexibility index (Phi) is 4.90. The van der Waals surface area contributed by atoms with Crippen LogP contribution < -0.4 is 5.32 Å². The molecule has 1 aliphatic rings. The molecule has 0 bridgehead atoms. The Labute approximate surface area is 89.1 Å². The number of hydrogen-bond acceptors (Lipinski definition) is 2. The molecule has 14 heavy (non-hydrogen) atoms. The summed E-state index contributed by atoms with van der Waals surface area (Å²) in [6.45, 7) is 10.8. The molecule has 1 fully saturated rings. The van der Waals surface area contributed by atoms with Gasteiger partial charge in [-0.1, -0.05) is 20.8 Å². The highest BCUT2D eigenvalue weighted by Gasteiger charge is 2.23. The van der Waals surface area contributed by atoms with Gasteiger partial charge in [0, 0.05) is 19.1 Å². The Balaban J connectivity index is 2.32. The number of hydrogen-bond donors (Lipinski definition) is 1. The lowest BCUT2D eigenvalue weighted by Crippen LogP contribution is -2.45. The first-order valence-electron chi connectivity index (χ1n) is 6.07. The predicted molar refractivity (Wildman–Crippen MR) is 62.5 cm³/mol. The van der Waals surface area contributed by atoms with E-state index in [1.54, 1.807) is 0 Å². The van der Waals surface area contributed by atoms with Crippen LogP contribution in [0.4, 0.5) is 0 Å². The molecule has 3 atom stereocenters. The number of piperidine rings is 1. The highest BCUT2D eigenvalue weighted by molar-refractivity contribution is 4.78. The molecule has 1 aliphatic heterocycles. The summed E-state index contributed by atoms with van der Waals surface area (Å²) in [5.74, 6) is 1.79. The monoisotopic (exact) mass is 198 g/mol. The van der Waals surface area contributed by atoms with Crippen molar-refractivity contribution < 1.29 is 0 Å². The molecule has 0 amide bonds. The molecule has 1 heterocycles. The average Bonchev–Trinajstić information content (AvgIpc) is 2.19. The van der Waals surface area contributed by atoms with Crippen molar-refractivity contribution in [2.45, 2.75) is 39.7 Å². The number of nitrogens with zero attached hydrogens (tertiary/aromatic N) is 1. The summed E-state index contributed by atoms with van der Waals surface area (Å²) in [5, 5.41) is 3.38. The molecule has 3 unspecified atom stereocenters. The number of likely N-dealkylation sites (N-methyl/N-ethyl adjacent to an activating group) is 1. The summed E-state index contributed by atoms with van der Waals surface area (Å²) in [4.78, 5) is 2.62. The van der Waals surface area contributed by atoms with Gasteiger partial charge in [0.2, 0.25) is 0 Å². The van der Waals surface area contributed by atoms with Crippen LogP contribution in [-0.4, -0.2) is 37.6 Å². The molecule has 84 valence electrons. The van der Waals surface area contributed by atoms with Gasteiger partial charge in [-0.05, 0) is 38.3 Å². The van der Waals surface area contributed by atoms with Gasteiger partial charge in [0.05, 0.1) is 0 Å². The summed E-state index contributed by atoms with van der Waals surface area (Å²) in [6.07, 6.45) is 2.61. The molecule has 0 radical (unpaired) electrons. The lowest BCUT2D eigenvalue weighted by atomic mass is 9.88. The van der Waals surface area contributed by atoms with Crippen LogP contribution in [0.2, 0.25) is 0 Å². The third-order valence-corrected chi connectivity index (χ3v) is 3.80. The van der Waals surface area contributed by atoms with Crippen molar-refractivity contribution in [3.8, 4) is 0 Å². The zero-order valence-corrected chi connectivity index (χ0v) is 10.2. The second kappa shape index (κ2) is 5.72. The van der Waals surface area contributed by atoms with Gasteiger partial charge >= 0.3 is 0 Å². The first kappa shape index (κ1) is 12.0. The van der Waals surface area contributed by atoms with Gasteiger partial charge in [-0.3, -0.25) is 0 Å². The third-order valence-electron chi connectivity index (χ3n) is 3.80. The van der Waals surface area contributed by atoms with Gasteiger partial charge in [0.1, 0.15) is 0 Å². The molecular weight excluding hydrogens is 172 g/mol. The fraction of sp³-hybridized carbons (Fsp3) is 1.00. The van der Waals surface area contributed by atoms with E-state index in [1.165, 1.54) is 32.5 Å². The van der Waals surface area contributed by atoms with Crippen LogP contribution in [0.1, 0.15) is 33.6 Å². The SMILES string of the molecule is CCC(CN1CCC(C)C(C)C1)NC. The maximum absolute atomic E-state index is 3.38. The van der Waals surface area contributed by atoms with E-state index in [1.807, 2.05) is 0 Å². The zero-order chi connectivity index (χ0) is 10.6. The van der Waals surface area contributed by atoms with Crippen molar-refractivity contribution in [3.63, 3.8) is 0 Å². The van der Waals surface area contributed by atoms with E-state index in [-0.39, 0.29) is 0 Å². The highest BCUT2D eigenvalue weighted by Crippen LogP contribution is 2.22. The van der Waals surface area contributed by atoms with Crippen LogP contribution in [0.3, 0.4) is 0 Å². The minimum Gasteiger partial charge on any atom is -0.316 e. The molecule has 0 aromatic heterocycles. The summed E-state index contributed by atoms with van der Waals surface area (Å²) < 4.78 is 0. The summed E-state index contributed by atoms with van der Waals surface area (Å²) in [6, 6.07) is 0.676. The van der Waals surface area contributed by atoms with Crippen molar-refractivity contribution in [3.05, 3.63) is 0 Å². The van der Waals surface area contributed by atoms with E-state index in [9.17, 15) is 0 Å². The highest BCUT2D eigenvalue weighted by atomic mass is 15.2. The third kappa shape index (κ3) is 3.25. The second-order valence-electron chi connectivity index (χ2n) is 4.90. The zero-order valence-electron chi connectivity index (χ0n) is 10.2. The standard InChI is InChI=1S/C12H26N2/c1-5-12(13-4)9-14-7-6-10(2)11(3)8-14/h10-13H,5-9H2,1-4H3. The summed E-state index contributed by atoms with van der Waals surface area (Å²) >= 11 is 0. The van der Waals surface area contributed by atoms with E-state index in [4.69, 9.17) is 0 Å². The topological polar surface area (TPSA) is 15.3 Å². The molecule has 0 spiro atoms. The molecule has 2 nitrogen and oxygen atoms in total. The van der Waals surface area contributed by atoms with Crippen LogP contribution in [0.15, 0.2) is 0 Å². The van der Waals surface area contributed by atoms with Gasteiger partial charge in [-0.2, -0.15) is 0 Å².